The molecule has 0 bridgehead atoms. The zero-order chi connectivity index (χ0) is 44.6. The van der Waals surface area contributed by atoms with Crippen LogP contribution in [0.2, 0.25) is 5.02 Å². The van der Waals surface area contributed by atoms with Gasteiger partial charge in [-0.15, -0.1) is 0 Å². The van der Waals surface area contributed by atoms with E-state index < -0.39 is 50.7 Å². The molecular formula is C46H48ClF4N5O6S. The fourth-order valence-electron chi connectivity index (χ4n) is 8.41. The van der Waals surface area contributed by atoms with E-state index in [-0.39, 0.29) is 42.8 Å². The van der Waals surface area contributed by atoms with Crippen LogP contribution in [0.1, 0.15) is 78.6 Å². The summed E-state index contributed by atoms with van der Waals surface area (Å²) < 4.78 is 104. The molecule has 8 rings (SSSR count). The summed E-state index contributed by atoms with van der Waals surface area (Å²) in [5.41, 5.74) is 2.88. The number of carbonyl (C=O) groups is 1. The Bertz CT molecular complexity index is 2540. The fraction of sp³-hybridized carbons (Fsp3) is 0.413. The van der Waals surface area contributed by atoms with Crippen molar-refractivity contribution in [3.63, 3.8) is 0 Å². The van der Waals surface area contributed by atoms with Crippen LogP contribution in [-0.4, -0.2) is 88.6 Å². The molecule has 0 saturated carbocycles. The summed E-state index contributed by atoms with van der Waals surface area (Å²) in [5.74, 6) is -1.71. The zero-order valence-corrected chi connectivity index (χ0v) is 36.5. The second-order valence-electron chi connectivity index (χ2n) is 17.3. The molecule has 1 aliphatic carbocycles. The number of benzene rings is 3. The van der Waals surface area contributed by atoms with Gasteiger partial charge in [0.1, 0.15) is 34.2 Å². The second kappa shape index (κ2) is 17.9. The third-order valence-electron chi connectivity index (χ3n) is 12.1. The van der Waals surface area contributed by atoms with E-state index in [0.29, 0.717) is 48.2 Å². The van der Waals surface area contributed by atoms with Gasteiger partial charge in [0.15, 0.2) is 0 Å². The number of halogens is 5. The summed E-state index contributed by atoms with van der Waals surface area (Å²) >= 11 is 6.23. The number of ether oxygens (including phenoxy) is 3. The maximum Gasteiger partial charge on any atom is 0.421 e. The number of hydrogen-bond donors (Lipinski definition) is 1. The molecule has 3 aliphatic heterocycles. The highest BCUT2D eigenvalue weighted by molar-refractivity contribution is 7.90. The first-order chi connectivity index (χ1) is 30.0. The Morgan fingerprint density at radius 1 is 0.968 bits per heavy atom. The number of allylic oxidation sites excluding steroid dienone is 1. The van der Waals surface area contributed by atoms with Crippen molar-refractivity contribution in [1.82, 2.24) is 14.6 Å². The molecule has 1 aromatic heterocycles. The molecule has 2 saturated heterocycles. The Balaban J connectivity index is 1.02. The molecule has 11 nitrogen and oxygen atoms in total. The molecule has 4 heterocycles. The first-order valence-corrected chi connectivity index (χ1v) is 22.7. The van der Waals surface area contributed by atoms with Crippen LogP contribution in [0.3, 0.4) is 0 Å². The van der Waals surface area contributed by atoms with Crippen molar-refractivity contribution in [3.8, 4) is 17.4 Å². The first kappa shape index (κ1) is 44.6. The normalized spacial score (nSPS) is 18.9. The van der Waals surface area contributed by atoms with Crippen LogP contribution < -0.4 is 19.1 Å². The average Bonchev–Trinajstić information content (AvgIpc) is 3.74. The first-order valence-electron chi connectivity index (χ1n) is 20.9. The standard InChI is InChI=1S/C46H48ClF4N5O6S/c1-44(2)13-12-32(37(24-44)30-6-8-33(47)9-7-30)28-55-16-18-56(19-17-55)34-10-11-36(41(22-34)62-40-5-3-4-31-25-52-27-38(31)40)42(57)54-63(58,59)35-23-39(46(49,50)51)43(53-26-35)61-29-45(48)14-20-60-21-15-45/h3-11,22-23,26-27H,12-21,24-25,28-29H2,1-2H3,(H,54,57). The van der Waals surface area contributed by atoms with Crippen LogP contribution >= 0.6 is 11.6 Å². The fourth-order valence-corrected chi connectivity index (χ4v) is 9.47. The van der Waals surface area contributed by atoms with Gasteiger partial charge in [-0.25, -0.2) is 22.5 Å². The number of piperazine rings is 1. The van der Waals surface area contributed by atoms with Gasteiger partial charge in [-0.05, 0) is 77.8 Å². The van der Waals surface area contributed by atoms with E-state index in [4.69, 9.17) is 25.8 Å². The summed E-state index contributed by atoms with van der Waals surface area (Å²) in [4.78, 5) is 25.5. The molecule has 63 heavy (non-hydrogen) atoms. The van der Waals surface area contributed by atoms with Crippen LogP contribution in [0, 0.1) is 5.41 Å². The largest absolute Gasteiger partial charge is 0.474 e. The van der Waals surface area contributed by atoms with Crippen molar-refractivity contribution in [2.24, 2.45) is 10.4 Å². The van der Waals surface area contributed by atoms with Gasteiger partial charge in [-0.2, -0.15) is 13.2 Å². The summed E-state index contributed by atoms with van der Waals surface area (Å²) in [6, 6.07) is 18.6. The zero-order valence-electron chi connectivity index (χ0n) is 34.9. The van der Waals surface area contributed by atoms with E-state index in [1.54, 1.807) is 30.5 Å². The molecular weight excluding hydrogens is 862 g/mol. The Kier molecular flexibility index (Phi) is 12.6. The number of amides is 1. The van der Waals surface area contributed by atoms with Gasteiger partial charge in [0, 0.05) is 87.3 Å². The van der Waals surface area contributed by atoms with Crippen LogP contribution in [0.15, 0.2) is 88.4 Å². The molecule has 4 aromatic rings. The number of alkyl halides is 4. The van der Waals surface area contributed by atoms with Gasteiger partial charge in [0.25, 0.3) is 15.9 Å². The van der Waals surface area contributed by atoms with E-state index in [1.807, 2.05) is 22.9 Å². The Morgan fingerprint density at radius 3 is 2.44 bits per heavy atom. The summed E-state index contributed by atoms with van der Waals surface area (Å²) in [7, 11) is -4.94. The predicted octanol–water partition coefficient (Wildman–Crippen LogP) is 9.28. The Morgan fingerprint density at radius 2 is 1.71 bits per heavy atom. The highest BCUT2D eigenvalue weighted by atomic mass is 35.5. The second-order valence-corrected chi connectivity index (χ2v) is 19.4. The van der Waals surface area contributed by atoms with Crippen molar-refractivity contribution >= 4 is 45.0 Å². The minimum absolute atomic E-state index is 0.0324. The van der Waals surface area contributed by atoms with Crippen LogP contribution in [0.5, 0.6) is 17.4 Å². The van der Waals surface area contributed by atoms with E-state index in [2.05, 4.69) is 45.8 Å². The van der Waals surface area contributed by atoms with Crippen molar-refractivity contribution in [2.45, 2.75) is 69.2 Å². The highest BCUT2D eigenvalue weighted by Crippen LogP contribution is 2.44. The van der Waals surface area contributed by atoms with Crippen molar-refractivity contribution in [3.05, 3.63) is 111 Å². The lowest BCUT2D eigenvalue weighted by Gasteiger charge is -2.39. The summed E-state index contributed by atoms with van der Waals surface area (Å²) in [6.07, 6.45) is 0.101. The molecule has 1 N–H and O–H groups in total. The van der Waals surface area contributed by atoms with Crippen LogP contribution in [-0.2, 0) is 27.5 Å². The molecule has 0 spiro atoms. The van der Waals surface area contributed by atoms with E-state index in [0.717, 1.165) is 50.1 Å². The van der Waals surface area contributed by atoms with Crippen LogP contribution in [0.4, 0.5) is 23.2 Å². The van der Waals surface area contributed by atoms with E-state index in [9.17, 15) is 26.4 Å². The molecule has 334 valence electrons. The third kappa shape index (κ3) is 10.3. The average molecular weight is 910 g/mol. The topological polar surface area (TPSA) is 123 Å². The van der Waals surface area contributed by atoms with Gasteiger partial charge in [-0.3, -0.25) is 14.7 Å². The van der Waals surface area contributed by atoms with Crippen molar-refractivity contribution < 1.29 is 45.0 Å². The number of sulfonamides is 1. The third-order valence-corrected chi connectivity index (χ3v) is 13.7. The van der Waals surface area contributed by atoms with Crippen LogP contribution in [0.25, 0.3) is 5.57 Å². The van der Waals surface area contributed by atoms with E-state index >= 15 is 4.39 Å². The molecule has 0 radical (unpaired) electrons. The molecule has 1 amide bonds. The number of nitrogens with zero attached hydrogens (tertiary/aromatic N) is 4. The minimum Gasteiger partial charge on any atom is -0.474 e. The molecule has 2 fully saturated rings. The molecule has 0 atom stereocenters. The van der Waals surface area contributed by atoms with Gasteiger partial charge in [0.05, 0.1) is 18.3 Å². The predicted molar refractivity (Wildman–Crippen MR) is 232 cm³/mol. The summed E-state index contributed by atoms with van der Waals surface area (Å²) in [5, 5.41) is 0.704. The lowest BCUT2D eigenvalue weighted by molar-refractivity contribution is -0.140. The maximum absolute atomic E-state index is 15.1. The maximum atomic E-state index is 15.1. The van der Waals surface area contributed by atoms with Crippen molar-refractivity contribution in [2.75, 3.05) is 57.4 Å². The van der Waals surface area contributed by atoms with Crippen molar-refractivity contribution in [1.29, 1.82) is 0 Å². The SMILES string of the molecule is CC1(C)CCC(CN2CCN(c3ccc(C(=O)NS(=O)(=O)c4cnc(OCC5(F)CCOCC5)c(C(F)(F)F)c4)c(Oc4cccc5c4C=NC5)c3)CC2)=C(c2ccc(Cl)cc2)C1. The monoisotopic (exact) mass is 909 g/mol. The van der Waals surface area contributed by atoms with Gasteiger partial charge in [-0.1, -0.05) is 55.3 Å². The Labute approximate surface area is 369 Å². The van der Waals surface area contributed by atoms with Gasteiger partial charge in [0.2, 0.25) is 5.88 Å². The summed E-state index contributed by atoms with van der Waals surface area (Å²) in [6.45, 7) is 8.18. The lowest BCUT2D eigenvalue weighted by atomic mass is 9.72. The number of nitrogens with one attached hydrogen (secondary N) is 1. The molecule has 17 heteroatoms. The minimum atomic E-state index is -5.12. The number of carbonyl (C=O) groups excluding carboxylic acids is 1. The highest BCUT2D eigenvalue weighted by Gasteiger charge is 2.40. The Hall–Kier alpha value is -5.03. The molecule has 0 unspecified atom stereocenters. The number of anilines is 1. The molecule has 4 aliphatic rings. The lowest BCUT2D eigenvalue weighted by Crippen LogP contribution is -2.47. The number of hydrogen-bond acceptors (Lipinski definition) is 10. The quantitative estimate of drug-likeness (QED) is 0.139. The molecule has 3 aromatic carbocycles. The smallest absolute Gasteiger partial charge is 0.421 e. The number of rotatable bonds is 12. The van der Waals surface area contributed by atoms with Gasteiger partial charge < -0.3 is 19.1 Å². The number of fused-ring (bicyclic) bond motifs is 1. The number of aliphatic imine (C=N–C) groups is 1. The number of pyridine rings is 1. The number of aromatic nitrogens is 1. The van der Waals surface area contributed by atoms with E-state index in [1.165, 1.54) is 22.8 Å². The van der Waals surface area contributed by atoms with Gasteiger partial charge >= 0.3 is 6.18 Å².